The molecule has 1 aromatic heterocycles. The van der Waals surface area contributed by atoms with Crippen molar-refractivity contribution in [2.75, 3.05) is 11.9 Å². The van der Waals surface area contributed by atoms with Crippen LogP contribution in [0.4, 0.5) is 5.69 Å². The molecule has 1 atom stereocenters. The highest BCUT2D eigenvalue weighted by atomic mass is 16.5. The Hall–Kier alpha value is -1.90. The van der Waals surface area contributed by atoms with Gasteiger partial charge in [-0.1, -0.05) is 6.92 Å². The van der Waals surface area contributed by atoms with Gasteiger partial charge in [0.2, 0.25) is 0 Å². The van der Waals surface area contributed by atoms with Crippen molar-refractivity contribution in [3.63, 3.8) is 0 Å². The van der Waals surface area contributed by atoms with Crippen LogP contribution in [0.15, 0.2) is 41.0 Å². The molecular weight excluding hydrogens is 238 g/mol. The zero-order valence-electron chi connectivity index (χ0n) is 11.8. The predicted octanol–water partition coefficient (Wildman–Crippen LogP) is 4.55. The summed E-state index contributed by atoms with van der Waals surface area (Å²) in [4.78, 5) is 0. The van der Waals surface area contributed by atoms with Crippen molar-refractivity contribution in [1.82, 2.24) is 0 Å². The Labute approximate surface area is 114 Å². The largest absolute Gasteiger partial charge is 0.494 e. The van der Waals surface area contributed by atoms with Gasteiger partial charge < -0.3 is 14.5 Å². The minimum atomic E-state index is 0.201. The van der Waals surface area contributed by atoms with E-state index in [1.165, 1.54) is 5.56 Å². The van der Waals surface area contributed by atoms with Crippen LogP contribution in [0.1, 0.15) is 37.6 Å². The second-order valence-corrected chi connectivity index (χ2v) is 4.53. The number of hydrogen-bond donors (Lipinski definition) is 1. The molecule has 1 heterocycles. The first-order valence-corrected chi connectivity index (χ1v) is 6.78. The van der Waals surface area contributed by atoms with E-state index in [1.54, 1.807) is 6.26 Å². The summed E-state index contributed by atoms with van der Waals surface area (Å²) in [6.07, 6.45) is 2.69. The van der Waals surface area contributed by atoms with Crippen LogP contribution >= 0.6 is 0 Å². The first-order valence-electron chi connectivity index (χ1n) is 6.78. The molecule has 0 aliphatic heterocycles. The van der Waals surface area contributed by atoms with Gasteiger partial charge in [0.05, 0.1) is 18.9 Å². The van der Waals surface area contributed by atoms with Gasteiger partial charge in [0.25, 0.3) is 0 Å². The topological polar surface area (TPSA) is 34.4 Å². The van der Waals surface area contributed by atoms with E-state index in [2.05, 4.69) is 31.3 Å². The van der Waals surface area contributed by atoms with Gasteiger partial charge in [0, 0.05) is 5.69 Å². The summed E-state index contributed by atoms with van der Waals surface area (Å²) >= 11 is 0. The van der Waals surface area contributed by atoms with E-state index in [4.69, 9.17) is 9.15 Å². The Kier molecular flexibility index (Phi) is 4.50. The second kappa shape index (κ2) is 6.32. The number of anilines is 1. The molecule has 1 aromatic carbocycles. The Morgan fingerprint density at radius 1 is 1.26 bits per heavy atom. The van der Waals surface area contributed by atoms with E-state index < -0.39 is 0 Å². The number of benzene rings is 1. The number of furan rings is 1. The monoisotopic (exact) mass is 259 g/mol. The van der Waals surface area contributed by atoms with Gasteiger partial charge in [0.15, 0.2) is 0 Å². The molecule has 0 fully saturated rings. The average molecular weight is 259 g/mol. The fourth-order valence-corrected chi connectivity index (χ4v) is 2.11. The quantitative estimate of drug-likeness (QED) is 0.826. The Bertz CT molecular complexity index is 505. The normalized spacial score (nSPS) is 12.2. The third-order valence-electron chi connectivity index (χ3n) is 3.13. The van der Waals surface area contributed by atoms with Crippen molar-refractivity contribution in [3.8, 4) is 5.75 Å². The Balaban J connectivity index is 2.13. The maximum Gasteiger partial charge on any atom is 0.125 e. The van der Waals surface area contributed by atoms with Gasteiger partial charge in [0.1, 0.15) is 11.5 Å². The average Bonchev–Trinajstić information content (AvgIpc) is 2.92. The van der Waals surface area contributed by atoms with E-state index in [9.17, 15) is 0 Å². The van der Waals surface area contributed by atoms with Crippen molar-refractivity contribution in [1.29, 1.82) is 0 Å². The molecular formula is C16H21NO2. The van der Waals surface area contributed by atoms with Gasteiger partial charge in [-0.25, -0.2) is 0 Å². The van der Waals surface area contributed by atoms with Gasteiger partial charge in [-0.2, -0.15) is 0 Å². The number of aryl methyl sites for hydroxylation is 1. The lowest BCUT2D eigenvalue weighted by molar-refractivity contribution is 0.340. The number of rotatable bonds is 6. The first kappa shape index (κ1) is 13.5. The molecule has 2 rings (SSSR count). The number of ether oxygens (including phenoxy) is 1. The molecule has 0 aliphatic rings. The highest BCUT2D eigenvalue weighted by Crippen LogP contribution is 2.27. The second-order valence-electron chi connectivity index (χ2n) is 4.53. The number of nitrogens with one attached hydrogen (secondary N) is 1. The van der Waals surface area contributed by atoms with Crippen LogP contribution in [0.3, 0.4) is 0 Å². The molecule has 3 nitrogen and oxygen atoms in total. The summed E-state index contributed by atoms with van der Waals surface area (Å²) in [7, 11) is 0. The van der Waals surface area contributed by atoms with E-state index >= 15 is 0 Å². The summed E-state index contributed by atoms with van der Waals surface area (Å²) in [6, 6.07) is 10.2. The zero-order chi connectivity index (χ0) is 13.7. The van der Waals surface area contributed by atoms with Crippen molar-refractivity contribution in [2.45, 2.75) is 33.2 Å². The fourth-order valence-electron chi connectivity index (χ4n) is 2.11. The SMILES string of the molecule is CCOc1ccc(NC(CC)c2ccco2)c(C)c1. The highest BCUT2D eigenvalue weighted by molar-refractivity contribution is 5.54. The lowest BCUT2D eigenvalue weighted by Crippen LogP contribution is -2.09. The highest BCUT2D eigenvalue weighted by Gasteiger charge is 2.13. The van der Waals surface area contributed by atoms with E-state index in [0.29, 0.717) is 6.61 Å². The molecule has 0 saturated carbocycles. The standard InChI is InChI=1S/C16H21NO2/c1-4-14(16-7-6-10-19-16)17-15-9-8-13(18-5-2)11-12(15)3/h6-11,14,17H,4-5H2,1-3H3. The summed E-state index contributed by atoms with van der Waals surface area (Å²) < 4.78 is 11.0. The predicted molar refractivity (Wildman–Crippen MR) is 77.7 cm³/mol. The summed E-state index contributed by atoms with van der Waals surface area (Å²) in [5.74, 6) is 1.88. The van der Waals surface area contributed by atoms with Crippen molar-refractivity contribution in [3.05, 3.63) is 47.9 Å². The third kappa shape index (κ3) is 3.31. The molecule has 1 N–H and O–H groups in total. The maximum absolute atomic E-state index is 5.50. The Morgan fingerprint density at radius 2 is 2.11 bits per heavy atom. The van der Waals surface area contributed by atoms with Crippen LogP contribution in [-0.4, -0.2) is 6.61 Å². The minimum Gasteiger partial charge on any atom is -0.494 e. The van der Waals surface area contributed by atoms with Crippen LogP contribution < -0.4 is 10.1 Å². The van der Waals surface area contributed by atoms with Gasteiger partial charge in [-0.3, -0.25) is 0 Å². The number of hydrogen-bond acceptors (Lipinski definition) is 3. The molecule has 19 heavy (non-hydrogen) atoms. The van der Waals surface area contributed by atoms with Crippen LogP contribution in [-0.2, 0) is 0 Å². The smallest absolute Gasteiger partial charge is 0.125 e. The molecule has 0 saturated heterocycles. The molecule has 0 spiro atoms. The fraction of sp³-hybridized carbons (Fsp3) is 0.375. The maximum atomic E-state index is 5.50. The molecule has 0 radical (unpaired) electrons. The first-order chi connectivity index (χ1) is 9.24. The summed E-state index contributed by atoms with van der Waals surface area (Å²) in [5, 5.41) is 3.52. The van der Waals surface area contributed by atoms with E-state index in [0.717, 1.165) is 23.6 Å². The van der Waals surface area contributed by atoms with Crippen LogP contribution in [0.5, 0.6) is 5.75 Å². The molecule has 1 unspecified atom stereocenters. The van der Waals surface area contributed by atoms with Crippen molar-refractivity contribution in [2.24, 2.45) is 0 Å². The molecule has 102 valence electrons. The lowest BCUT2D eigenvalue weighted by atomic mass is 10.1. The zero-order valence-corrected chi connectivity index (χ0v) is 11.8. The van der Waals surface area contributed by atoms with E-state index in [1.807, 2.05) is 25.1 Å². The molecule has 0 aliphatic carbocycles. The molecule has 2 aromatic rings. The Morgan fingerprint density at radius 3 is 2.68 bits per heavy atom. The van der Waals surface area contributed by atoms with Gasteiger partial charge in [-0.15, -0.1) is 0 Å². The van der Waals surface area contributed by atoms with Crippen LogP contribution in [0, 0.1) is 6.92 Å². The van der Waals surface area contributed by atoms with Gasteiger partial charge in [-0.05, 0) is 56.2 Å². The van der Waals surface area contributed by atoms with Gasteiger partial charge >= 0.3 is 0 Å². The van der Waals surface area contributed by atoms with Crippen LogP contribution in [0.2, 0.25) is 0 Å². The van der Waals surface area contributed by atoms with E-state index in [-0.39, 0.29) is 6.04 Å². The van der Waals surface area contributed by atoms with Crippen molar-refractivity contribution < 1.29 is 9.15 Å². The summed E-state index contributed by atoms with van der Waals surface area (Å²) in [6.45, 7) is 6.91. The molecule has 3 heteroatoms. The lowest BCUT2D eigenvalue weighted by Gasteiger charge is -2.18. The van der Waals surface area contributed by atoms with Crippen LogP contribution in [0.25, 0.3) is 0 Å². The van der Waals surface area contributed by atoms with Crippen molar-refractivity contribution >= 4 is 5.69 Å². The molecule has 0 bridgehead atoms. The summed E-state index contributed by atoms with van der Waals surface area (Å²) in [5.41, 5.74) is 2.29. The third-order valence-corrected chi connectivity index (χ3v) is 3.13. The minimum absolute atomic E-state index is 0.201. The molecule has 0 amide bonds.